The molecule has 7 nitrogen and oxygen atoms in total. The number of aliphatic hydroxyl groups is 1. The molecule has 1 aromatic heterocycles. The Bertz CT molecular complexity index is 1460. The first-order chi connectivity index (χ1) is 17.5. The van der Waals surface area contributed by atoms with Crippen LogP contribution < -0.4 is 14.4 Å². The molecule has 0 radical (unpaired) electrons. The Morgan fingerprint density at radius 3 is 2.31 bits per heavy atom. The van der Waals surface area contributed by atoms with Gasteiger partial charge in [-0.3, -0.25) is 14.5 Å². The second kappa shape index (κ2) is 9.83. The number of carbonyl (C=O) groups excluding carboxylic acids is 2. The van der Waals surface area contributed by atoms with Gasteiger partial charge in [-0.2, -0.15) is 0 Å². The molecule has 5 rings (SSSR count). The summed E-state index contributed by atoms with van der Waals surface area (Å²) in [7, 11) is 0. The van der Waals surface area contributed by atoms with E-state index >= 15 is 0 Å². The number of ether oxygens (including phenoxy) is 2. The minimum absolute atomic E-state index is 0.0182. The third-order valence-corrected chi connectivity index (χ3v) is 6.88. The van der Waals surface area contributed by atoms with Gasteiger partial charge < -0.3 is 14.6 Å². The normalized spacial score (nSPS) is 17.1. The van der Waals surface area contributed by atoms with Gasteiger partial charge in [0.2, 0.25) is 0 Å². The van der Waals surface area contributed by atoms with Crippen LogP contribution in [0.3, 0.4) is 0 Å². The lowest BCUT2D eigenvalue weighted by molar-refractivity contribution is -0.132. The Labute approximate surface area is 212 Å². The van der Waals surface area contributed by atoms with Gasteiger partial charge in [-0.1, -0.05) is 53.8 Å². The van der Waals surface area contributed by atoms with Crippen LogP contribution in [-0.4, -0.2) is 35.0 Å². The lowest BCUT2D eigenvalue weighted by Crippen LogP contribution is -2.29. The van der Waals surface area contributed by atoms with Crippen LogP contribution in [0.2, 0.25) is 0 Å². The van der Waals surface area contributed by atoms with E-state index in [-0.39, 0.29) is 11.3 Å². The van der Waals surface area contributed by atoms with Crippen molar-refractivity contribution in [1.82, 2.24) is 4.98 Å². The standard InChI is InChI=1S/C28H24N2O5S/c1-3-34-19-12-10-17(11-13-19)24-23(25(31)18-8-6-5-7-9-18)26(32)27(33)30(24)28-29-21-15-14-20(35-4-2)16-22(21)36-28/h5-16,24,31H,3-4H2,1-2H3/t24-/m1/s1. The number of thiazole rings is 1. The molecule has 1 N–H and O–H groups in total. The monoisotopic (exact) mass is 500 g/mol. The summed E-state index contributed by atoms with van der Waals surface area (Å²) in [5.74, 6) is -0.353. The molecule has 1 aliphatic rings. The molecule has 1 aliphatic heterocycles. The number of hydrogen-bond donors (Lipinski definition) is 1. The predicted molar refractivity (Wildman–Crippen MR) is 140 cm³/mol. The first-order valence-corrected chi connectivity index (χ1v) is 12.5. The molecule has 4 aromatic rings. The minimum Gasteiger partial charge on any atom is -0.507 e. The Morgan fingerprint density at radius 2 is 1.61 bits per heavy atom. The zero-order chi connectivity index (χ0) is 25.2. The van der Waals surface area contributed by atoms with E-state index in [9.17, 15) is 14.7 Å². The van der Waals surface area contributed by atoms with Gasteiger partial charge in [0.05, 0.1) is 35.0 Å². The van der Waals surface area contributed by atoms with Gasteiger partial charge in [0, 0.05) is 5.56 Å². The van der Waals surface area contributed by atoms with E-state index in [0.717, 1.165) is 4.70 Å². The fourth-order valence-corrected chi connectivity index (χ4v) is 5.28. The molecule has 182 valence electrons. The van der Waals surface area contributed by atoms with Crippen LogP contribution in [0.15, 0.2) is 78.4 Å². The Hall–Kier alpha value is -4.17. The van der Waals surface area contributed by atoms with E-state index in [4.69, 9.17) is 9.47 Å². The lowest BCUT2D eigenvalue weighted by Gasteiger charge is -2.23. The number of aromatic nitrogens is 1. The number of hydrogen-bond acceptors (Lipinski definition) is 7. The third kappa shape index (κ3) is 4.20. The summed E-state index contributed by atoms with van der Waals surface area (Å²) in [6.07, 6.45) is 0. The molecule has 1 fully saturated rings. The van der Waals surface area contributed by atoms with Gasteiger partial charge in [0.1, 0.15) is 17.3 Å². The quantitative estimate of drug-likeness (QED) is 0.198. The maximum absolute atomic E-state index is 13.4. The number of carbonyl (C=O) groups is 2. The zero-order valence-corrected chi connectivity index (χ0v) is 20.6. The van der Waals surface area contributed by atoms with Crippen LogP contribution in [-0.2, 0) is 9.59 Å². The summed E-state index contributed by atoms with van der Waals surface area (Å²) >= 11 is 1.29. The van der Waals surface area contributed by atoms with Crippen LogP contribution >= 0.6 is 11.3 Å². The number of fused-ring (bicyclic) bond motifs is 1. The van der Waals surface area contributed by atoms with Crippen molar-refractivity contribution in [1.29, 1.82) is 0 Å². The number of amides is 1. The summed E-state index contributed by atoms with van der Waals surface area (Å²) in [4.78, 5) is 32.8. The minimum atomic E-state index is -0.854. The summed E-state index contributed by atoms with van der Waals surface area (Å²) < 4.78 is 12.0. The molecule has 3 aromatic carbocycles. The molecule has 2 heterocycles. The van der Waals surface area contributed by atoms with Gasteiger partial charge >= 0.3 is 5.91 Å². The molecule has 0 bridgehead atoms. The average molecular weight is 501 g/mol. The molecule has 0 aliphatic carbocycles. The largest absolute Gasteiger partial charge is 0.507 e. The van der Waals surface area contributed by atoms with Gasteiger partial charge in [0.25, 0.3) is 5.78 Å². The molecule has 0 spiro atoms. The Morgan fingerprint density at radius 1 is 0.944 bits per heavy atom. The average Bonchev–Trinajstić information content (AvgIpc) is 3.43. The lowest BCUT2D eigenvalue weighted by atomic mass is 9.95. The fraction of sp³-hybridized carbons (Fsp3) is 0.179. The number of benzene rings is 3. The first-order valence-electron chi connectivity index (χ1n) is 11.6. The van der Waals surface area contributed by atoms with Gasteiger partial charge in [-0.15, -0.1) is 0 Å². The van der Waals surface area contributed by atoms with Crippen molar-refractivity contribution >= 4 is 44.1 Å². The van der Waals surface area contributed by atoms with E-state index in [0.29, 0.717) is 46.5 Å². The molecule has 0 saturated carbocycles. The number of anilines is 1. The number of aliphatic hydroxyl groups excluding tert-OH is 1. The number of ketones is 1. The molecule has 36 heavy (non-hydrogen) atoms. The summed E-state index contributed by atoms with van der Waals surface area (Å²) in [5.41, 5.74) is 1.82. The van der Waals surface area contributed by atoms with Gasteiger partial charge in [-0.25, -0.2) is 4.98 Å². The first kappa shape index (κ1) is 23.6. The summed E-state index contributed by atoms with van der Waals surface area (Å²) in [6.45, 7) is 4.85. The van der Waals surface area contributed by atoms with Crippen LogP contribution in [0.1, 0.15) is 31.0 Å². The fourth-order valence-electron chi connectivity index (χ4n) is 4.26. The smallest absolute Gasteiger partial charge is 0.301 e. The highest BCUT2D eigenvalue weighted by Crippen LogP contribution is 2.44. The highest BCUT2D eigenvalue weighted by molar-refractivity contribution is 7.22. The van der Waals surface area contributed by atoms with Crippen molar-refractivity contribution < 1.29 is 24.2 Å². The molecular weight excluding hydrogens is 476 g/mol. The summed E-state index contributed by atoms with van der Waals surface area (Å²) in [6, 6.07) is 20.6. The van der Waals surface area contributed by atoms with E-state index in [1.54, 1.807) is 48.5 Å². The van der Waals surface area contributed by atoms with Crippen molar-refractivity contribution in [2.75, 3.05) is 18.1 Å². The van der Waals surface area contributed by atoms with Crippen molar-refractivity contribution in [2.24, 2.45) is 0 Å². The van der Waals surface area contributed by atoms with Crippen LogP contribution in [0.5, 0.6) is 11.5 Å². The highest BCUT2D eigenvalue weighted by Gasteiger charge is 2.48. The van der Waals surface area contributed by atoms with Crippen molar-refractivity contribution in [2.45, 2.75) is 19.9 Å². The predicted octanol–water partition coefficient (Wildman–Crippen LogP) is 5.72. The maximum Gasteiger partial charge on any atom is 0.301 e. The molecule has 1 atom stereocenters. The van der Waals surface area contributed by atoms with E-state index in [1.165, 1.54) is 16.2 Å². The maximum atomic E-state index is 13.4. The van der Waals surface area contributed by atoms with Gasteiger partial charge in [0.15, 0.2) is 5.13 Å². The van der Waals surface area contributed by atoms with Crippen molar-refractivity contribution in [3.05, 3.63) is 89.5 Å². The number of Topliss-reactive ketones (excluding diaryl/α,β-unsaturated/α-hetero) is 1. The van der Waals surface area contributed by atoms with Crippen molar-refractivity contribution in [3.8, 4) is 11.5 Å². The zero-order valence-electron chi connectivity index (χ0n) is 19.8. The molecular formula is C28H24N2O5S. The third-order valence-electron chi connectivity index (χ3n) is 5.86. The molecule has 8 heteroatoms. The second-order valence-corrected chi connectivity index (χ2v) is 9.11. The molecule has 1 amide bonds. The van der Waals surface area contributed by atoms with E-state index in [2.05, 4.69) is 4.98 Å². The summed E-state index contributed by atoms with van der Waals surface area (Å²) in [5, 5.41) is 11.6. The molecule has 0 unspecified atom stereocenters. The van der Waals surface area contributed by atoms with Crippen LogP contribution in [0, 0.1) is 0 Å². The number of rotatable bonds is 7. The Balaban J connectivity index is 1.67. The highest BCUT2D eigenvalue weighted by atomic mass is 32.1. The number of nitrogens with zero attached hydrogens (tertiary/aromatic N) is 2. The topological polar surface area (TPSA) is 89.0 Å². The van der Waals surface area contributed by atoms with Crippen molar-refractivity contribution in [3.63, 3.8) is 0 Å². The van der Waals surface area contributed by atoms with Crippen LogP contribution in [0.25, 0.3) is 16.0 Å². The van der Waals surface area contributed by atoms with E-state index in [1.807, 2.05) is 38.1 Å². The SMILES string of the molecule is CCOc1ccc([C@@H]2C(=C(O)c3ccccc3)C(=O)C(=O)N2c2nc3ccc(OCC)cc3s2)cc1. The Kier molecular flexibility index (Phi) is 6.43. The second-order valence-electron chi connectivity index (χ2n) is 8.10. The van der Waals surface area contributed by atoms with Gasteiger partial charge in [-0.05, 0) is 49.7 Å². The van der Waals surface area contributed by atoms with Crippen LogP contribution in [0.4, 0.5) is 5.13 Å². The van der Waals surface area contributed by atoms with E-state index < -0.39 is 17.7 Å². The molecule has 1 saturated heterocycles.